The average Bonchev–Trinajstić information content (AvgIpc) is 3.19. The second-order valence-electron chi connectivity index (χ2n) is 7.03. The number of thioether (sulfide) groups is 1. The van der Waals surface area contributed by atoms with E-state index < -0.39 is 41.8 Å². The molecule has 10 nitrogen and oxygen atoms in total. The van der Waals surface area contributed by atoms with Gasteiger partial charge in [0.05, 0.1) is 12.6 Å². The number of hydrogen-bond donors (Lipinski definition) is 5. The summed E-state index contributed by atoms with van der Waals surface area (Å²) in [7, 11) is 0. The summed E-state index contributed by atoms with van der Waals surface area (Å²) in [5, 5.41) is 14.4. The lowest BCUT2D eigenvalue weighted by Gasteiger charge is -2.23. The molecule has 29 heavy (non-hydrogen) atoms. The first-order valence-electron chi connectivity index (χ1n) is 9.86. The average molecular weight is 432 g/mol. The van der Waals surface area contributed by atoms with E-state index in [4.69, 9.17) is 11.5 Å². The van der Waals surface area contributed by atoms with Gasteiger partial charge in [0.1, 0.15) is 12.1 Å². The van der Waals surface area contributed by atoms with E-state index in [0.29, 0.717) is 44.5 Å². The van der Waals surface area contributed by atoms with Crippen LogP contribution in [0, 0.1) is 0 Å². The van der Waals surface area contributed by atoms with Crippen LogP contribution in [0.2, 0.25) is 0 Å². The highest BCUT2D eigenvalue weighted by atomic mass is 32.2. The van der Waals surface area contributed by atoms with Crippen LogP contribution >= 0.6 is 11.8 Å². The lowest BCUT2D eigenvalue weighted by atomic mass is 10.1. The Morgan fingerprint density at radius 3 is 2.55 bits per heavy atom. The zero-order valence-electron chi connectivity index (χ0n) is 16.9. The van der Waals surface area contributed by atoms with Gasteiger partial charge in [-0.1, -0.05) is 6.42 Å². The first-order chi connectivity index (χ1) is 13.8. The van der Waals surface area contributed by atoms with Gasteiger partial charge >= 0.3 is 5.97 Å². The van der Waals surface area contributed by atoms with Gasteiger partial charge in [-0.05, 0) is 50.7 Å². The van der Waals surface area contributed by atoms with Crippen LogP contribution in [0.15, 0.2) is 0 Å². The molecule has 3 amide bonds. The van der Waals surface area contributed by atoms with Crippen molar-refractivity contribution in [3.8, 4) is 0 Å². The normalized spacial score (nSPS) is 18.2. The molecule has 0 bridgehead atoms. The van der Waals surface area contributed by atoms with E-state index in [0.717, 1.165) is 12.8 Å². The molecule has 1 saturated heterocycles. The monoisotopic (exact) mass is 431 g/mol. The van der Waals surface area contributed by atoms with E-state index in [2.05, 4.69) is 10.6 Å². The van der Waals surface area contributed by atoms with Crippen LogP contribution in [0.1, 0.15) is 38.5 Å². The maximum atomic E-state index is 12.5. The molecule has 3 unspecified atom stereocenters. The molecule has 11 heteroatoms. The van der Waals surface area contributed by atoms with Crippen molar-refractivity contribution < 1.29 is 24.3 Å². The second-order valence-corrected chi connectivity index (χ2v) is 8.02. The summed E-state index contributed by atoms with van der Waals surface area (Å²) in [5.41, 5.74) is 11.3. The minimum absolute atomic E-state index is 0.309. The van der Waals surface area contributed by atoms with Crippen LogP contribution in [0.25, 0.3) is 0 Å². The summed E-state index contributed by atoms with van der Waals surface area (Å²) in [4.78, 5) is 49.6. The van der Waals surface area contributed by atoms with E-state index in [1.54, 1.807) is 0 Å². The van der Waals surface area contributed by atoms with Crippen molar-refractivity contribution in [3.63, 3.8) is 0 Å². The molecule has 0 saturated carbocycles. The molecule has 0 aromatic heterocycles. The highest BCUT2D eigenvalue weighted by Crippen LogP contribution is 2.17. The topological polar surface area (TPSA) is 168 Å². The summed E-state index contributed by atoms with van der Waals surface area (Å²) >= 11 is 1.53. The Labute approximate surface area is 175 Å². The molecule has 0 aromatic carbocycles. The lowest BCUT2D eigenvalue weighted by Crippen LogP contribution is -2.53. The van der Waals surface area contributed by atoms with Crippen molar-refractivity contribution in [3.05, 3.63) is 0 Å². The number of aliphatic carboxylic acids is 1. The Hall–Kier alpha value is -1.85. The van der Waals surface area contributed by atoms with Gasteiger partial charge in [-0.25, -0.2) is 4.79 Å². The third kappa shape index (κ3) is 8.58. The quantitative estimate of drug-likeness (QED) is 0.228. The molecule has 1 aliphatic rings. The Morgan fingerprint density at radius 1 is 1.21 bits per heavy atom. The lowest BCUT2D eigenvalue weighted by molar-refractivity contribution is -0.148. The van der Waals surface area contributed by atoms with Gasteiger partial charge in [-0.3, -0.25) is 14.4 Å². The number of nitrogens with zero attached hydrogens (tertiary/aromatic N) is 1. The Kier molecular flexibility index (Phi) is 11.6. The van der Waals surface area contributed by atoms with Gasteiger partial charge in [0.2, 0.25) is 17.7 Å². The van der Waals surface area contributed by atoms with Crippen LogP contribution in [-0.2, 0) is 19.2 Å². The highest BCUT2D eigenvalue weighted by molar-refractivity contribution is 7.98. The minimum atomic E-state index is -1.05. The number of likely N-dealkylation sites (tertiary alicyclic amines) is 1. The number of carbonyl (C=O) groups excluding carboxylic acids is 3. The Balaban J connectivity index is 2.58. The minimum Gasteiger partial charge on any atom is -0.480 e. The van der Waals surface area contributed by atoms with E-state index >= 15 is 0 Å². The van der Waals surface area contributed by atoms with Crippen molar-refractivity contribution in [2.75, 3.05) is 31.6 Å². The summed E-state index contributed by atoms with van der Waals surface area (Å²) in [6, 6.07) is -2.39. The fraction of sp³-hybridized carbons (Fsp3) is 0.778. The fourth-order valence-electron chi connectivity index (χ4n) is 3.13. The van der Waals surface area contributed by atoms with E-state index in [-0.39, 0.29) is 6.54 Å². The van der Waals surface area contributed by atoms with E-state index in [1.807, 2.05) is 6.26 Å². The molecule has 0 radical (unpaired) electrons. The maximum absolute atomic E-state index is 12.5. The van der Waals surface area contributed by atoms with Crippen LogP contribution in [0.3, 0.4) is 0 Å². The second kappa shape index (κ2) is 13.4. The van der Waals surface area contributed by atoms with Crippen molar-refractivity contribution >= 4 is 35.5 Å². The summed E-state index contributed by atoms with van der Waals surface area (Å²) in [5.74, 6) is -1.75. The molecule has 0 aliphatic carbocycles. The van der Waals surface area contributed by atoms with Gasteiger partial charge in [0.15, 0.2) is 0 Å². The SMILES string of the molecule is CSCCC(NC(=O)C(N)CCCCN)C(=O)NCC(=O)N1CCCC1C(=O)O. The third-order valence-corrected chi connectivity index (χ3v) is 5.47. The summed E-state index contributed by atoms with van der Waals surface area (Å²) in [6.07, 6.45) is 5.27. The van der Waals surface area contributed by atoms with Crippen LogP contribution in [-0.4, -0.2) is 83.5 Å². The first kappa shape index (κ1) is 25.2. The molecule has 166 valence electrons. The summed E-state index contributed by atoms with van der Waals surface area (Å²) in [6.45, 7) is 0.577. The van der Waals surface area contributed by atoms with Crippen molar-refractivity contribution in [2.24, 2.45) is 11.5 Å². The summed E-state index contributed by atoms with van der Waals surface area (Å²) < 4.78 is 0. The number of nitrogens with one attached hydrogen (secondary N) is 2. The van der Waals surface area contributed by atoms with Crippen molar-refractivity contribution in [1.82, 2.24) is 15.5 Å². The number of unbranched alkanes of at least 4 members (excludes halogenated alkanes) is 1. The first-order valence-corrected chi connectivity index (χ1v) is 11.3. The van der Waals surface area contributed by atoms with Gasteiger partial charge in [0, 0.05) is 6.54 Å². The van der Waals surface area contributed by atoms with Crippen molar-refractivity contribution in [1.29, 1.82) is 0 Å². The molecular formula is C18H33N5O5S. The predicted octanol–water partition coefficient (Wildman–Crippen LogP) is -1.13. The fourth-order valence-corrected chi connectivity index (χ4v) is 3.60. The van der Waals surface area contributed by atoms with E-state index in [9.17, 15) is 24.3 Å². The number of hydrogen-bond acceptors (Lipinski definition) is 7. The van der Waals surface area contributed by atoms with Gasteiger partial charge in [-0.2, -0.15) is 11.8 Å². The number of carboxylic acids is 1. The van der Waals surface area contributed by atoms with Gasteiger partial charge in [0.25, 0.3) is 0 Å². The number of carbonyl (C=O) groups is 4. The molecule has 1 rings (SSSR count). The zero-order valence-corrected chi connectivity index (χ0v) is 17.7. The number of carboxylic acid groups (broad SMARTS) is 1. The zero-order chi connectivity index (χ0) is 21.8. The van der Waals surface area contributed by atoms with Crippen LogP contribution in [0.4, 0.5) is 0 Å². The molecular weight excluding hydrogens is 398 g/mol. The van der Waals surface area contributed by atoms with E-state index in [1.165, 1.54) is 16.7 Å². The maximum Gasteiger partial charge on any atom is 0.326 e. The third-order valence-electron chi connectivity index (χ3n) is 4.82. The molecule has 0 aromatic rings. The largest absolute Gasteiger partial charge is 0.480 e. The number of nitrogens with two attached hydrogens (primary N) is 2. The van der Waals surface area contributed by atoms with Gasteiger partial charge < -0.3 is 32.1 Å². The Morgan fingerprint density at radius 2 is 1.93 bits per heavy atom. The highest BCUT2D eigenvalue weighted by Gasteiger charge is 2.34. The smallest absolute Gasteiger partial charge is 0.326 e. The van der Waals surface area contributed by atoms with Crippen LogP contribution in [0.5, 0.6) is 0 Å². The molecule has 3 atom stereocenters. The Bertz CT molecular complexity index is 577. The van der Waals surface area contributed by atoms with Crippen LogP contribution < -0.4 is 22.1 Å². The standard InChI is InChI=1S/C18H33N5O5S/c1-29-10-7-13(22-16(25)12(20)5-2-3-8-19)17(26)21-11-15(24)23-9-4-6-14(23)18(27)28/h12-14H,2-11,19-20H2,1H3,(H,21,26)(H,22,25)(H,27,28). The molecule has 0 spiro atoms. The number of rotatable bonds is 13. The molecule has 7 N–H and O–H groups in total. The van der Waals surface area contributed by atoms with Crippen molar-refractivity contribution in [2.45, 2.75) is 56.7 Å². The van der Waals surface area contributed by atoms with Gasteiger partial charge in [-0.15, -0.1) is 0 Å². The predicted molar refractivity (Wildman–Crippen MR) is 111 cm³/mol. The molecule has 1 fully saturated rings. The molecule has 1 heterocycles. The number of amides is 3. The molecule has 1 aliphatic heterocycles.